The molecular weight excluding hydrogens is 204 g/mol. The molecule has 0 heterocycles. The van der Waals surface area contributed by atoms with Gasteiger partial charge in [0.1, 0.15) is 6.61 Å². The average Bonchev–Trinajstić information content (AvgIpc) is 2.43. The number of aliphatic hydroxyl groups is 1. The molecule has 0 unspecified atom stereocenters. The van der Waals surface area contributed by atoms with Gasteiger partial charge in [-0.05, 0) is 45.6 Å². The highest BCUT2D eigenvalue weighted by molar-refractivity contribution is 5.79. The summed E-state index contributed by atoms with van der Waals surface area (Å²) in [6, 6.07) is 0. The quantitative estimate of drug-likeness (QED) is 0.457. The number of ether oxygens (including phenoxy) is 1. The van der Waals surface area contributed by atoms with Gasteiger partial charge in [0.25, 0.3) is 0 Å². The third-order valence-electron chi connectivity index (χ3n) is 3.02. The van der Waals surface area contributed by atoms with Crippen molar-refractivity contribution >= 4 is 5.97 Å². The highest BCUT2D eigenvalue weighted by atomic mass is 16.5. The van der Waals surface area contributed by atoms with E-state index in [0.29, 0.717) is 12.8 Å². The third-order valence-corrected chi connectivity index (χ3v) is 3.02. The fourth-order valence-electron chi connectivity index (χ4n) is 1.94. The van der Waals surface area contributed by atoms with Crippen molar-refractivity contribution in [3.05, 3.63) is 11.6 Å². The fraction of sp³-hybridized carbons (Fsp3) is 0.769. The number of esters is 1. The van der Waals surface area contributed by atoms with Crippen LogP contribution in [0, 0.1) is 0 Å². The van der Waals surface area contributed by atoms with E-state index in [2.05, 4.69) is 0 Å². The molecule has 0 aromatic carbocycles. The Balaban J connectivity index is 2.47. The molecule has 0 atom stereocenters. The van der Waals surface area contributed by atoms with Gasteiger partial charge in [-0.2, -0.15) is 0 Å². The van der Waals surface area contributed by atoms with Gasteiger partial charge in [0.15, 0.2) is 5.60 Å². The molecule has 0 bridgehead atoms. The number of hydrogen-bond acceptors (Lipinski definition) is 3. The van der Waals surface area contributed by atoms with Crippen molar-refractivity contribution in [2.75, 3.05) is 6.61 Å². The maximum atomic E-state index is 11.8. The lowest BCUT2D eigenvalue weighted by Crippen LogP contribution is -2.39. The first-order valence-corrected chi connectivity index (χ1v) is 6.07. The lowest BCUT2D eigenvalue weighted by molar-refractivity contribution is -0.165. The zero-order valence-corrected chi connectivity index (χ0v) is 10.3. The van der Waals surface area contributed by atoms with Crippen LogP contribution in [0.4, 0.5) is 0 Å². The monoisotopic (exact) mass is 226 g/mol. The molecule has 92 valence electrons. The van der Waals surface area contributed by atoms with Gasteiger partial charge in [-0.15, -0.1) is 0 Å². The number of carbonyl (C=O) groups is 1. The van der Waals surface area contributed by atoms with Crippen LogP contribution < -0.4 is 0 Å². The molecule has 0 saturated heterocycles. The van der Waals surface area contributed by atoms with Crippen molar-refractivity contribution in [2.45, 2.75) is 58.0 Å². The van der Waals surface area contributed by atoms with Gasteiger partial charge < -0.3 is 9.84 Å². The maximum absolute atomic E-state index is 11.8. The molecule has 0 aromatic heterocycles. The summed E-state index contributed by atoms with van der Waals surface area (Å²) < 4.78 is 5.09. The Morgan fingerprint density at radius 3 is 2.31 bits per heavy atom. The summed E-state index contributed by atoms with van der Waals surface area (Å²) >= 11 is 0. The Morgan fingerprint density at radius 2 is 1.81 bits per heavy atom. The summed E-state index contributed by atoms with van der Waals surface area (Å²) in [6.07, 6.45) is 6.95. The molecule has 0 aliphatic heterocycles. The molecule has 1 aliphatic carbocycles. The lowest BCUT2D eigenvalue weighted by atomic mass is 9.95. The van der Waals surface area contributed by atoms with Crippen LogP contribution in [0.2, 0.25) is 0 Å². The standard InChI is InChI=1S/C13H22O3/c1-11(2)7-10-16-12(14)13(15)8-5-3-4-6-9-13/h7,15H,3-6,8-10H2,1-2H3. The minimum atomic E-state index is -1.23. The first-order valence-electron chi connectivity index (χ1n) is 6.07. The van der Waals surface area contributed by atoms with Crippen molar-refractivity contribution in [1.29, 1.82) is 0 Å². The molecule has 0 aromatic rings. The summed E-state index contributed by atoms with van der Waals surface area (Å²) in [5.41, 5.74) is -0.118. The van der Waals surface area contributed by atoms with Gasteiger partial charge in [-0.3, -0.25) is 0 Å². The van der Waals surface area contributed by atoms with E-state index in [1.807, 2.05) is 19.9 Å². The molecule has 1 saturated carbocycles. The maximum Gasteiger partial charge on any atom is 0.338 e. The van der Waals surface area contributed by atoms with Crippen molar-refractivity contribution in [1.82, 2.24) is 0 Å². The van der Waals surface area contributed by atoms with E-state index in [0.717, 1.165) is 31.3 Å². The van der Waals surface area contributed by atoms with Gasteiger partial charge in [-0.1, -0.05) is 18.4 Å². The Labute approximate surface area is 97.5 Å². The van der Waals surface area contributed by atoms with Gasteiger partial charge in [0.2, 0.25) is 0 Å². The van der Waals surface area contributed by atoms with E-state index in [4.69, 9.17) is 4.74 Å². The van der Waals surface area contributed by atoms with Crippen molar-refractivity contribution in [2.24, 2.45) is 0 Å². The number of hydrogen-bond donors (Lipinski definition) is 1. The number of carbonyl (C=O) groups excluding carboxylic acids is 1. The van der Waals surface area contributed by atoms with Crippen LogP contribution in [0.1, 0.15) is 52.4 Å². The SMILES string of the molecule is CC(C)=CCOC(=O)C1(O)CCCCCC1. The number of allylic oxidation sites excluding steroid dienone is 1. The minimum absolute atomic E-state index is 0.267. The van der Waals surface area contributed by atoms with E-state index in [1.54, 1.807) is 0 Å². The summed E-state index contributed by atoms with van der Waals surface area (Å²) in [5.74, 6) is -0.452. The van der Waals surface area contributed by atoms with Crippen LogP contribution in [0.5, 0.6) is 0 Å². The molecule has 3 nitrogen and oxygen atoms in total. The topological polar surface area (TPSA) is 46.5 Å². The second kappa shape index (κ2) is 6.04. The normalized spacial score (nSPS) is 19.7. The predicted octanol–water partition coefficient (Wildman–Crippen LogP) is 2.58. The lowest BCUT2D eigenvalue weighted by Gasteiger charge is -2.23. The van der Waals surface area contributed by atoms with Crippen LogP contribution in [0.25, 0.3) is 0 Å². The van der Waals surface area contributed by atoms with Crippen molar-refractivity contribution in [3.8, 4) is 0 Å². The third kappa shape index (κ3) is 3.97. The molecular formula is C13H22O3. The van der Waals surface area contributed by atoms with E-state index >= 15 is 0 Å². The van der Waals surface area contributed by atoms with Crippen LogP contribution >= 0.6 is 0 Å². The Bertz CT molecular complexity index is 256. The van der Waals surface area contributed by atoms with E-state index < -0.39 is 11.6 Å². The van der Waals surface area contributed by atoms with Crippen LogP contribution in [-0.2, 0) is 9.53 Å². The van der Waals surface area contributed by atoms with Crippen LogP contribution in [-0.4, -0.2) is 23.3 Å². The molecule has 1 fully saturated rings. The molecule has 1 N–H and O–H groups in total. The second-order valence-corrected chi connectivity index (χ2v) is 4.83. The summed E-state index contributed by atoms with van der Waals surface area (Å²) in [4.78, 5) is 11.8. The Morgan fingerprint density at radius 1 is 1.25 bits per heavy atom. The number of rotatable bonds is 3. The van der Waals surface area contributed by atoms with Crippen molar-refractivity contribution in [3.63, 3.8) is 0 Å². The van der Waals surface area contributed by atoms with Gasteiger partial charge >= 0.3 is 5.97 Å². The average molecular weight is 226 g/mol. The van der Waals surface area contributed by atoms with E-state index in [9.17, 15) is 9.90 Å². The molecule has 0 radical (unpaired) electrons. The zero-order chi connectivity index (χ0) is 12.0. The van der Waals surface area contributed by atoms with Gasteiger partial charge in [0.05, 0.1) is 0 Å². The molecule has 1 rings (SSSR count). The molecule has 3 heteroatoms. The van der Waals surface area contributed by atoms with Crippen molar-refractivity contribution < 1.29 is 14.6 Å². The highest BCUT2D eigenvalue weighted by Gasteiger charge is 2.37. The van der Waals surface area contributed by atoms with Crippen LogP contribution in [0.3, 0.4) is 0 Å². The molecule has 16 heavy (non-hydrogen) atoms. The summed E-state index contributed by atoms with van der Waals surface area (Å²) in [5, 5.41) is 10.2. The smallest absolute Gasteiger partial charge is 0.338 e. The van der Waals surface area contributed by atoms with Crippen LogP contribution in [0.15, 0.2) is 11.6 Å². The summed E-state index contributed by atoms with van der Waals surface area (Å²) in [6.45, 7) is 4.17. The Hall–Kier alpha value is -0.830. The predicted molar refractivity (Wildman–Crippen MR) is 63.0 cm³/mol. The molecule has 1 aliphatic rings. The second-order valence-electron chi connectivity index (χ2n) is 4.83. The van der Waals surface area contributed by atoms with Gasteiger partial charge in [0, 0.05) is 0 Å². The van der Waals surface area contributed by atoms with E-state index in [1.165, 1.54) is 0 Å². The first-order chi connectivity index (χ1) is 7.54. The Kier molecular flexibility index (Phi) is 5.00. The fourth-order valence-corrected chi connectivity index (χ4v) is 1.94. The zero-order valence-electron chi connectivity index (χ0n) is 10.3. The van der Waals surface area contributed by atoms with Gasteiger partial charge in [-0.25, -0.2) is 4.79 Å². The molecule has 0 spiro atoms. The summed E-state index contributed by atoms with van der Waals surface area (Å²) in [7, 11) is 0. The molecule has 0 amide bonds. The largest absolute Gasteiger partial charge is 0.459 e. The highest BCUT2D eigenvalue weighted by Crippen LogP contribution is 2.28. The minimum Gasteiger partial charge on any atom is -0.459 e. The first kappa shape index (κ1) is 13.2. The van der Waals surface area contributed by atoms with E-state index in [-0.39, 0.29) is 6.61 Å².